The Morgan fingerprint density at radius 2 is 2.08 bits per heavy atom. The summed E-state index contributed by atoms with van der Waals surface area (Å²) in [6.07, 6.45) is 0.687. The van der Waals surface area contributed by atoms with E-state index in [-0.39, 0.29) is 4.90 Å². The van der Waals surface area contributed by atoms with Crippen LogP contribution in [0.2, 0.25) is 0 Å². The minimum absolute atomic E-state index is 0.0974. The molecule has 0 aromatic heterocycles. The number of aryl methyl sites for hydroxylation is 1. The summed E-state index contributed by atoms with van der Waals surface area (Å²) in [4.78, 5) is 0.0974. The maximum atomic E-state index is 10.9. The van der Waals surface area contributed by atoms with Crippen LogP contribution in [0.15, 0.2) is 23.1 Å². The summed E-state index contributed by atoms with van der Waals surface area (Å²) in [5.74, 6) is 0. The Hall–Kier alpha value is -0.740. The van der Waals surface area contributed by atoms with Gasteiger partial charge in [-0.05, 0) is 30.2 Å². The first-order chi connectivity index (χ1) is 5.95. The van der Waals surface area contributed by atoms with E-state index >= 15 is 0 Å². The number of halogens is 1. The second kappa shape index (κ2) is 3.55. The predicted molar refractivity (Wildman–Crippen MR) is 53.3 cm³/mol. The number of nitrogens with two attached hydrogens (primary N) is 1. The molecule has 0 amide bonds. The van der Waals surface area contributed by atoms with Gasteiger partial charge in [0.05, 0.1) is 4.90 Å². The monoisotopic (exact) mass is 219 g/mol. The van der Waals surface area contributed by atoms with Gasteiger partial charge in [0.1, 0.15) is 0 Å². The molecule has 1 aromatic carbocycles. The third kappa shape index (κ3) is 2.35. The van der Waals surface area contributed by atoms with Crippen LogP contribution < -0.4 is 5.73 Å². The number of hydrogen-bond acceptors (Lipinski definition) is 3. The van der Waals surface area contributed by atoms with Gasteiger partial charge in [0.2, 0.25) is 0 Å². The maximum Gasteiger partial charge on any atom is 0.261 e. The van der Waals surface area contributed by atoms with Crippen molar-refractivity contribution >= 4 is 25.4 Å². The minimum Gasteiger partial charge on any atom is -0.399 e. The molecule has 13 heavy (non-hydrogen) atoms. The average Bonchev–Trinajstić information content (AvgIpc) is 2.03. The summed E-state index contributed by atoms with van der Waals surface area (Å²) in [5.41, 5.74) is 6.99. The third-order valence-electron chi connectivity index (χ3n) is 1.78. The molecule has 72 valence electrons. The smallest absolute Gasteiger partial charge is 0.261 e. The third-order valence-corrected chi connectivity index (χ3v) is 3.13. The fourth-order valence-corrected chi connectivity index (χ4v) is 1.84. The van der Waals surface area contributed by atoms with Gasteiger partial charge in [0.25, 0.3) is 9.05 Å². The largest absolute Gasteiger partial charge is 0.399 e. The van der Waals surface area contributed by atoms with Gasteiger partial charge in [0, 0.05) is 16.4 Å². The van der Waals surface area contributed by atoms with E-state index in [0.717, 1.165) is 5.56 Å². The molecule has 0 fully saturated rings. The van der Waals surface area contributed by atoms with Crippen LogP contribution in [0.3, 0.4) is 0 Å². The molecule has 0 saturated heterocycles. The van der Waals surface area contributed by atoms with E-state index in [4.69, 9.17) is 16.4 Å². The highest BCUT2D eigenvalue weighted by Crippen LogP contribution is 2.20. The molecule has 0 unspecified atom stereocenters. The maximum absolute atomic E-state index is 10.9. The lowest BCUT2D eigenvalue weighted by molar-refractivity contribution is 0.609. The van der Waals surface area contributed by atoms with Crippen LogP contribution in [0.25, 0.3) is 0 Å². The molecule has 0 aliphatic carbocycles. The first-order valence-corrected chi connectivity index (χ1v) is 6.09. The van der Waals surface area contributed by atoms with Crippen LogP contribution in [-0.4, -0.2) is 8.42 Å². The molecule has 0 bridgehead atoms. The van der Waals surface area contributed by atoms with Crippen LogP contribution >= 0.6 is 10.7 Å². The lowest BCUT2D eigenvalue weighted by Gasteiger charge is -2.03. The van der Waals surface area contributed by atoms with Crippen molar-refractivity contribution < 1.29 is 8.42 Å². The van der Waals surface area contributed by atoms with Crippen molar-refractivity contribution in [3.63, 3.8) is 0 Å². The average molecular weight is 220 g/mol. The zero-order chi connectivity index (χ0) is 10.1. The molecule has 5 heteroatoms. The van der Waals surface area contributed by atoms with Crippen molar-refractivity contribution in [2.45, 2.75) is 18.2 Å². The molecule has 0 radical (unpaired) electrons. The Kier molecular flexibility index (Phi) is 2.83. The summed E-state index contributed by atoms with van der Waals surface area (Å²) < 4.78 is 21.9. The molecule has 0 saturated carbocycles. The van der Waals surface area contributed by atoms with Crippen LogP contribution in [0.1, 0.15) is 12.5 Å². The second-order valence-corrected chi connectivity index (χ2v) is 5.22. The standard InChI is InChI=1S/C8H10ClNO2S/c1-2-6-5-7(13(9,11)12)3-4-8(6)10/h3-5H,2,10H2,1H3. The predicted octanol–water partition coefficient (Wildman–Crippen LogP) is 1.76. The lowest BCUT2D eigenvalue weighted by Crippen LogP contribution is -1.97. The summed E-state index contributed by atoms with van der Waals surface area (Å²) in [6.45, 7) is 1.90. The Morgan fingerprint density at radius 1 is 1.46 bits per heavy atom. The molecular weight excluding hydrogens is 210 g/mol. The van der Waals surface area contributed by atoms with Crippen molar-refractivity contribution in [1.82, 2.24) is 0 Å². The highest BCUT2D eigenvalue weighted by Gasteiger charge is 2.10. The first kappa shape index (κ1) is 10.3. The Morgan fingerprint density at radius 3 is 2.54 bits per heavy atom. The number of anilines is 1. The van der Waals surface area contributed by atoms with Gasteiger partial charge >= 0.3 is 0 Å². The Balaban J connectivity index is 3.30. The quantitative estimate of drug-likeness (QED) is 0.609. The Bertz CT molecular complexity index is 414. The van der Waals surface area contributed by atoms with E-state index in [1.807, 2.05) is 6.92 Å². The van der Waals surface area contributed by atoms with Crippen LogP contribution in [0.4, 0.5) is 5.69 Å². The highest BCUT2D eigenvalue weighted by atomic mass is 35.7. The van der Waals surface area contributed by atoms with Gasteiger partial charge in [0.15, 0.2) is 0 Å². The molecule has 1 rings (SSSR count). The molecule has 0 spiro atoms. The van der Waals surface area contributed by atoms with Crippen molar-refractivity contribution in [3.05, 3.63) is 23.8 Å². The van der Waals surface area contributed by atoms with Gasteiger partial charge in [-0.15, -0.1) is 0 Å². The zero-order valence-electron chi connectivity index (χ0n) is 7.12. The van der Waals surface area contributed by atoms with E-state index in [1.54, 1.807) is 6.07 Å². The second-order valence-electron chi connectivity index (χ2n) is 2.65. The normalized spacial score (nSPS) is 11.5. The number of rotatable bonds is 2. The molecule has 3 nitrogen and oxygen atoms in total. The summed E-state index contributed by atoms with van der Waals surface area (Å²) in [5, 5.41) is 0. The van der Waals surface area contributed by atoms with E-state index in [9.17, 15) is 8.42 Å². The summed E-state index contributed by atoms with van der Waals surface area (Å²) in [7, 11) is 1.54. The first-order valence-electron chi connectivity index (χ1n) is 3.78. The summed E-state index contributed by atoms with van der Waals surface area (Å²) >= 11 is 0. The molecule has 1 aromatic rings. The van der Waals surface area contributed by atoms with E-state index in [2.05, 4.69) is 0 Å². The van der Waals surface area contributed by atoms with E-state index in [1.165, 1.54) is 12.1 Å². The number of nitrogen functional groups attached to an aromatic ring is 1. The van der Waals surface area contributed by atoms with Crippen molar-refractivity contribution in [3.8, 4) is 0 Å². The molecular formula is C8H10ClNO2S. The zero-order valence-corrected chi connectivity index (χ0v) is 8.69. The van der Waals surface area contributed by atoms with Crippen molar-refractivity contribution in [2.75, 3.05) is 5.73 Å². The SMILES string of the molecule is CCc1cc(S(=O)(=O)Cl)ccc1N. The molecule has 0 aliphatic rings. The van der Waals surface area contributed by atoms with Crippen LogP contribution in [0, 0.1) is 0 Å². The lowest BCUT2D eigenvalue weighted by atomic mass is 10.1. The number of hydrogen-bond donors (Lipinski definition) is 1. The van der Waals surface area contributed by atoms with Gasteiger partial charge in [-0.3, -0.25) is 0 Å². The van der Waals surface area contributed by atoms with Crippen molar-refractivity contribution in [1.29, 1.82) is 0 Å². The van der Waals surface area contributed by atoms with E-state index in [0.29, 0.717) is 12.1 Å². The molecule has 0 aliphatic heterocycles. The fourth-order valence-electron chi connectivity index (χ4n) is 1.04. The van der Waals surface area contributed by atoms with E-state index < -0.39 is 9.05 Å². The number of benzene rings is 1. The van der Waals surface area contributed by atoms with Gasteiger partial charge in [-0.1, -0.05) is 6.92 Å². The Labute approximate surface area is 81.9 Å². The highest BCUT2D eigenvalue weighted by molar-refractivity contribution is 8.13. The van der Waals surface area contributed by atoms with Crippen molar-refractivity contribution in [2.24, 2.45) is 0 Å². The van der Waals surface area contributed by atoms with Gasteiger partial charge < -0.3 is 5.73 Å². The van der Waals surface area contributed by atoms with Gasteiger partial charge in [-0.2, -0.15) is 0 Å². The molecule has 0 atom stereocenters. The molecule has 2 N–H and O–H groups in total. The van der Waals surface area contributed by atoms with Gasteiger partial charge in [-0.25, -0.2) is 8.42 Å². The molecule has 0 heterocycles. The fraction of sp³-hybridized carbons (Fsp3) is 0.250. The topological polar surface area (TPSA) is 60.2 Å². The van der Waals surface area contributed by atoms with Crippen LogP contribution in [0.5, 0.6) is 0 Å². The van der Waals surface area contributed by atoms with Crippen LogP contribution in [-0.2, 0) is 15.5 Å². The summed E-state index contributed by atoms with van der Waals surface area (Å²) in [6, 6.07) is 4.45. The minimum atomic E-state index is -3.64.